The van der Waals surface area contributed by atoms with Crippen molar-refractivity contribution in [3.63, 3.8) is 0 Å². The molecule has 0 radical (unpaired) electrons. The summed E-state index contributed by atoms with van der Waals surface area (Å²) in [6.07, 6.45) is 10.5. The fourth-order valence-electron chi connectivity index (χ4n) is 4.90. The van der Waals surface area contributed by atoms with Gasteiger partial charge in [0.2, 0.25) is 0 Å². The Morgan fingerprint density at radius 3 is 3.10 bits per heavy atom. The monoisotopic (exact) mass is 421 g/mol. The summed E-state index contributed by atoms with van der Waals surface area (Å²) in [7, 11) is 1.46. The van der Waals surface area contributed by atoms with Crippen LogP contribution in [0.5, 0.6) is 0 Å². The van der Waals surface area contributed by atoms with E-state index < -0.39 is 11.2 Å². The maximum Gasteiger partial charge on any atom is 0.311 e. The molecular formula is C23H24FN5O2. The zero-order chi connectivity index (χ0) is 21.6. The van der Waals surface area contributed by atoms with Gasteiger partial charge in [0.05, 0.1) is 18.7 Å². The van der Waals surface area contributed by atoms with E-state index in [2.05, 4.69) is 19.5 Å². The van der Waals surface area contributed by atoms with Gasteiger partial charge >= 0.3 is 5.97 Å². The first-order valence-electron chi connectivity index (χ1n) is 10.5. The number of carbonyl (C=O) groups excluding carboxylic acids is 1. The number of methoxy groups -OCH3 is 1. The van der Waals surface area contributed by atoms with Crippen molar-refractivity contribution in [2.75, 3.05) is 7.11 Å². The lowest BCUT2D eigenvalue weighted by molar-refractivity contribution is -0.154. The molecule has 0 aliphatic heterocycles. The number of nitrogens with one attached hydrogen (secondary N) is 1. The summed E-state index contributed by atoms with van der Waals surface area (Å²) in [6.45, 7) is 2.78. The van der Waals surface area contributed by atoms with Crippen molar-refractivity contribution in [2.24, 2.45) is 11.3 Å². The average Bonchev–Trinajstić information content (AvgIpc) is 3.36. The second-order valence-corrected chi connectivity index (χ2v) is 8.71. The Kier molecular flexibility index (Phi) is 4.72. The van der Waals surface area contributed by atoms with Crippen molar-refractivity contribution in [3.05, 3.63) is 42.7 Å². The molecule has 5 rings (SSSR count). The molecule has 7 nitrogen and oxygen atoms in total. The van der Waals surface area contributed by atoms with Gasteiger partial charge in [0, 0.05) is 41.5 Å². The molecule has 1 aliphatic rings. The third kappa shape index (κ3) is 3.45. The number of pyridine rings is 1. The van der Waals surface area contributed by atoms with Gasteiger partial charge in [-0.1, -0.05) is 6.42 Å². The third-order valence-corrected chi connectivity index (χ3v) is 6.45. The molecule has 160 valence electrons. The van der Waals surface area contributed by atoms with Crippen molar-refractivity contribution < 1.29 is 13.9 Å². The van der Waals surface area contributed by atoms with Gasteiger partial charge in [0.1, 0.15) is 17.1 Å². The molecule has 31 heavy (non-hydrogen) atoms. The van der Waals surface area contributed by atoms with E-state index in [0.717, 1.165) is 43.3 Å². The van der Waals surface area contributed by atoms with E-state index in [-0.39, 0.29) is 5.97 Å². The second kappa shape index (κ2) is 7.44. The number of halogens is 1. The largest absolute Gasteiger partial charge is 0.469 e. The Labute approximate surface area is 178 Å². The van der Waals surface area contributed by atoms with Gasteiger partial charge in [-0.15, -0.1) is 0 Å². The molecule has 1 N–H and O–H groups in total. The lowest BCUT2D eigenvalue weighted by Crippen LogP contribution is -2.35. The van der Waals surface area contributed by atoms with Gasteiger partial charge in [0.25, 0.3) is 0 Å². The summed E-state index contributed by atoms with van der Waals surface area (Å²) < 4.78 is 20.9. The normalized spacial score (nSPS) is 21.6. The van der Waals surface area contributed by atoms with E-state index in [1.807, 2.05) is 19.2 Å². The van der Waals surface area contributed by atoms with Crippen LogP contribution in [0.4, 0.5) is 4.39 Å². The molecule has 0 bridgehead atoms. The predicted molar refractivity (Wildman–Crippen MR) is 115 cm³/mol. The van der Waals surface area contributed by atoms with Crippen molar-refractivity contribution in [1.82, 2.24) is 24.5 Å². The summed E-state index contributed by atoms with van der Waals surface area (Å²) in [4.78, 5) is 28.7. The number of fused-ring (bicyclic) bond motifs is 2. The molecular weight excluding hydrogens is 397 g/mol. The molecule has 4 aromatic heterocycles. The number of aromatic nitrogens is 5. The standard InChI is InChI=1S/C23H24FN5O2/c1-23(22(30)31-2)6-3-4-14(9-23)13-29-7-5-15-10-25-20(28-21(15)29)18-12-27-19-17(18)8-16(24)11-26-19/h5,7-8,10-12,14H,3-4,6,9,13H2,1-2H3,(H,26,27)/t14?,23-/m0/s1. The lowest BCUT2D eigenvalue weighted by Gasteiger charge is -2.36. The molecule has 1 aliphatic carbocycles. The maximum absolute atomic E-state index is 13.7. The van der Waals surface area contributed by atoms with E-state index in [9.17, 15) is 9.18 Å². The molecule has 0 spiro atoms. The summed E-state index contributed by atoms with van der Waals surface area (Å²) in [5.41, 5.74) is 1.71. The highest BCUT2D eigenvalue weighted by atomic mass is 19.1. The Hall–Kier alpha value is -3.29. The van der Waals surface area contributed by atoms with Gasteiger partial charge in [-0.25, -0.2) is 19.3 Å². The average molecular weight is 421 g/mol. The van der Waals surface area contributed by atoms with Crippen LogP contribution in [0.2, 0.25) is 0 Å². The number of nitrogens with zero attached hydrogens (tertiary/aromatic N) is 4. The minimum Gasteiger partial charge on any atom is -0.469 e. The van der Waals surface area contributed by atoms with Gasteiger partial charge in [-0.3, -0.25) is 4.79 Å². The number of carbonyl (C=O) groups is 1. The van der Waals surface area contributed by atoms with E-state index in [4.69, 9.17) is 9.72 Å². The molecule has 8 heteroatoms. The van der Waals surface area contributed by atoms with Crippen LogP contribution in [-0.2, 0) is 16.1 Å². The van der Waals surface area contributed by atoms with Crippen LogP contribution in [0.3, 0.4) is 0 Å². The van der Waals surface area contributed by atoms with Crippen LogP contribution < -0.4 is 0 Å². The van der Waals surface area contributed by atoms with Crippen LogP contribution in [0.1, 0.15) is 32.6 Å². The summed E-state index contributed by atoms with van der Waals surface area (Å²) in [5.74, 6) is 0.357. The number of aromatic amines is 1. The number of ether oxygens (including phenoxy) is 1. The fraction of sp³-hybridized carbons (Fsp3) is 0.391. The fourth-order valence-corrected chi connectivity index (χ4v) is 4.90. The highest BCUT2D eigenvalue weighted by Crippen LogP contribution is 2.41. The van der Waals surface area contributed by atoms with Crippen molar-refractivity contribution >= 4 is 28.0 Å². The van der Waals surface area contributed by atoms with E-state index in [1.54, 1.807) is 12.4 Å². The van der Waals surface area contributed by atoms with E-state index in [0.29, 0.717) is 28.3 Å². The number of esters is 1. The minimum atomic E-state index is -0.429. The van der Waals surface area contributed by atoms with Crippen LogP contribution in [0.15, 0.2) is 36.9 Å². The molecule has 1 fully saturated rings. The summed E-state index contributed by atoms with van der Waals surface area (Å²) >= 11 is 0. The van der Waals surface area contributed by atoms with Crippen molar-refractivity contribution in [3.8, 4) is 11.4 Å². The van der Waals surface area contributed by atoms with Crippen LogP contribution in [0, 0.1) is 17.2 Å². The van der Waals surface area contributed by atoms with Crippen molar-refractivity contribution in [2.45, 2.75) is 39.2 Å². The molecule has 1 saturated carbocycles. The zero-order valence-corrected chi connectivity index (χ0v) is 17.6. The molecule has 2 atom stereocenters. The van der Waals surface area contributed by atoms with Crippen LogP contribution in [-0.4, -0.2) is 37.6 Å². The van der Waals surface area contributed by atoms with Gasteiger partial charge in [0.15, 0.2) is 5.82 Å². The molecule has 0 amide bonds. The predicted octanol–water partition coefficient (Wildman–Crippen LogP) is 4.48. The van der Waals surface area contributed by atoms with Gasteiger partial charge in [-0.05, 0) is 44.2 Å². The summed E-state index contributed by atoms with van der Waals surface area (Å²) in [5, 5.41) is 1.60. The SMILES string of the molecule is COC(=O)[C@@]1(C)CCCC(Cn2ccc3cnc(-c4c[nH]c5ncc(F)cc45)nc32)C1. The van der Waals surface area contributed by atoms with Crippen LogP contribution >= 0.6 is 0 Å². The number of hydrogen-bond donors (Lipinski definition) is 1. The van der Waals surface area contributed by atoms with Crippen LogP contribution in [0.25, 0.3) is 33.5 Å². The molecule has 0 aromatic carbocycles. The Bertz CT molecular complexity index is 1280. The van der Waals surface area contributed by atoms with E-state index in [1.165, 1.54) is 19.4 Å². The maximum atomic E-state index is 13.7. The lowest BCUT2D eigenvalue weighted by atomic mass is 9.71. The smallest absolute Gasteiger partial charge is 0.311 e. The highest BCUT2D eigenvalue weighted by molar-refractivity contribution is 5.92. The molecule has 4 heterocycles. The number of hydrogen-bond acceptors (Lipinski definition) is 5. The Morgan fingerprint density at radius 2 is 2.26 bits per heavy atom. The quantitative estimate of drug-likeness (QED) is 0.491. The first-order valence-corrected chi connectivity index (χ1v) is 10.5. The molecule has 0 saturated heterocycles. The second-order valence-electron chi connectivity index (χ2n) is 8.71. The molecule has 4 aromatic rings. The Balaban J connectivity index is 1.47. The first kappa shape index (κ1) is 19.7. The third-order valence-electron chi connectivity index (χ3n) is 6.45. The minimum absolute atomic E-state index is 0.126. The number of H-pyrrole nitrogens is 1. The zero-order valence-electron chi connectivity index (χ0n) is 17.6. The highest BCUT2D eigenvalue weighted by Gasteiger charge is 2.39. The number of rotatable bonds is 4. The Morgan fingerprint density at radius 1 is 1.39 bits per heavy atom. The first-order chi connectivity index (χ1) is 15.0. The van der Waals surface area contributed by atoms with E-state index >= 15 is 0 Å². The summed E-state index contributed by atoms with van der Waals surface area (Å²) in [6, 6.07) is 3.44. The van der Waals surface area contributed by atoms with Crippen molar-refractivity contribution in [1.29, 1.82) is 0 Å². The van der Waals surface area contributed by atoms with Gasteiger partial charge < -0.3 is 14.3 Å². The molecule has 1 unspecified atom stereocenters. The van der Waals surface area contributed by atoms with Gasteiger partial charge in [-0.2, -0.15) is 0 Å². The topological polar surface area (TPSA) is 85.7 Å².